The average Bonchev–Trinajstić information content (AvgIpc) is 0.773. The zero-order valence-electron chi connectivity index (χ0n) is 63.0. The van der Waals surface area contributed by atoms with Crippen molar-refractivity contribution in [2.45, 2.75) is 108 Å². The van der Waals surface area contributed by atoms with Crippen molar-refractivity contribution >= 4 is 99.2 Å². The number of Topliss-reactive ketones (excluding diaryl/α,β-unsaturated/α-hetero) is 1. The molecule has 608 valence electrons. The van der Waals surface area contributed by atoms with Crippen LogP contribution in [-0.4, -0.2) is 143 Å². The molecule has 12 rings (SSSR count). The van der Waals surface area contributed by atoms with Crippen molar-refractivity contribution in [3.63, 3.8) is 0 Å². The van der Waals surface area contributed by atoms with Gasteiger partial charge in [0.05, 0.1) is 68.4 Å². The molecule has 4 aliphatic rings. The number of benzene rings is 8. The molecule has 0 bridgehead atoms. The number of carboxylic acids is 3. The molecule has 0 radical (unpaired) electrons. The molecule has 0 aliphatic carbocycles. The number of carbonyl (C=O) groups excluding carboxylic acids is 6. The highest BCUT2D eigenvalue weighted by Gasteiger charge is 2.44. The Morgan fingerprint density at radius 3 is 0.843 bits per heavy atom. The molecule has 4 fully saturated rings. The van der Waals surface area contributed by atoms with Gasteiger partial charge in [0.2, 0.25) is 0 Å². The molecule has 8 aromatic carbocycles. The van der Waals surface area contributed by atoms with Gasteiger partial charge in [-0.15, -0.1) is 0 Å². The minimum Gasteiger partial charge on any atom is -0.478 e. The van der Waals surface area contributed by atoms with Gasteiger partial charge >= 0.3 is 23.9 Å². The Hall–Kier alpha value is -9.41. The standard InChI is InChI=1S/C23H24ClFO5.2C22H22ClFO5.C20H16ClFO5/c1-3-23(28,15-8-10-30-11-9-15)16-12-18(22(27)29-2)20(19(25)13-16)21(26)14-4-6-17(24)7-5-14;2*1-2-22(28,14-7-9-29-10-8-14)15-11-17(21(26)27)19(18(24)12-15)20(25)13-3-5-16(23)6-4-13;21-14-3-1-11(2-4-14)19(24)17-15(20(25)26)9-13(10-16(17)22)18(23)12-5-7-27-8-6-12/h4-7,12-13,15,28H,3,8-11H2,1-2H3;2*3-6,11-12,14,28H,2,7-10H2,1H3,(H,26,27);1-4,9-10,12H,5-8H2,(H,25,26)/t23-;22-;;/m00../s1. The molecule has 115 heavy (non-hydrogen) atoms. The second-order valence-corrected chi connectivity index (χ2v) is 29.8. The summed E-state index contributed by atoms with van der Waals surface area (Å²) in [6.07, 6.45) is 5.43. The van der Waals surface area contributed by atoms with Crippen LogP contribution in [0.25, 0.3) is 0 Å². The van der Waals surface area contributed by atoms with E-state index < -0.39 is 126 Å². The predicted molar refractivity (Wildman–Crippen MR) is 418 cm³/mol. The number of carbonyl (C=O) groups is 9. The molecule has 28 heteroatoms. The molecule has 0 spiro atoms. The fraction of sp³-hybridized carbons (Fsp3) is 0.345. The number of halogens is 8. The van der Waals surface area contributed by atoms with Gasteiger partial charge in [-0.2, -0.15) is 0 Å². The number of ether oxygens (including phenoxy) is 5. The maximum Gasteiger partial charge on any atom is 0.338 e. The Labute approximate surface area is 680 Å². The lowest BCUT2D eigenvalue weighted by Gasteiger charge is -2.38. The number of ketones is 5. The van der Waals surface area contributed by atoms with Crippen LogP contribution in [0.4, 0.5) is 17.6 Å². The topological polar surface area (TPSA) is 321 Å². The molecule has 1 unspecified atom stereocenters. The highest BCUT2D eigenvalue weighted by atomic mass is 35.5. The fourth-order valence-electron chi connectivity index (χ4n) is 14.9. The Morgan fingerprint density at radius 2 is 0.591 bits per heavy atom. The van der Waals surface area contributed by atoms with Gasteiger partial charge in [-0.05, 0) is 251 Å². The van der Waals surface area contributed by atoms with Crippen LogP contribution < -0.4 is 0 Å². The lowest BCUT2D eigenvalue weighted by atomic mass is 9.74. The molecule has 6 N–H and O–H groups in total. The number of methoxy groups -OCH3 is 1. The Kier molecular flexibility index (Phi) is 31.1. The number of aliphatic hydroxyl groups is 3. The normalized spacial score (nSPS) is 16.4. The summed E-state index contributed by atoms with van der Waals surface area (Å²) in [4.78, 5) is 112. The Bertz CT molecular complexity index is 4750. The van der Waals surface area contributed by atoms with Crippen molar-refractivity contribution in [2.24, 2.45) is 23.7 Å². The molecular weight excluding hydrogens is 1580 g/mol. The number of esters is 1. The van der Waals surface area contributed by atoms with E-state index >= 15 is 13.2 Å². The summed E-state index contributed by atoms with van der Waals surface area (Å²) < 4.78 is 86.2. The van der Waals surface area contributed by atoms with Crippen molar-refractivity contribution in [1.29, 1.82) is 0 Å². The number of hydrogen-bond acceptors (Lipinski definition) is 17. The summed E-state index contributed by atoms with van der Waals surface area (Å²) in [5.74, 6) is -13.3. The summed E-state index contributed by atoms with van der Waals surface area (Å²) in [5.41, 5.74) is -6.84. The van der Waals surface area contributed by atoms with E-state index in [1.807, 2.05) is 0 Å². The largest absolute Gasteiger partial charge is 0.478 e. The van der Waals surface area contributed by atoms with Crippen molar-refractivity contribution < 1.29 is 115 Å². The fourth-order valence-corrected chi connectivity index (χ4v) is 15.4. The summed E-state index contributed by atoms with van der Waals surface area (Å²) in [5, 5.41) is 64.5. The van der Waals surface area contributed by atoms with Crippen molar-refractivity contribution in [1.82, 2.24) is 0 Å². The minimum atomic E-state index is -1.48. The van der Waals surface area contributed by atoms with Gasteiger partial charge in [0.1, 0.15) is 23.3 Å². The smallest absolute Gasteiger partial charge is 0.338 e. The number of aromatic carboxylic acids is 3. The monoisotopic (exact) mass is 1660 g/mol. The first-order chi connectivity index (χ1) is 54.7. The Balaban J connectivity index is 0.000000176. The van der Waals surface area contributed by atoms with Crippen LogP contribution in [0, 0.1) is 46.9 Å². The molecule has 4 heterocycles. The molecule has 0 aromatic heterocycles. The van der Waals surface area contributed by atoms with E-state index in [2.05, 4.69) is 0 Å². The summed E-state index contributed by atoms with van der Waals surface area (Å²) in [7, 11) is 1.16. The number of rotatable bonds is 23. The zero-order chi connectivity index (χ0) is 83.8. The number of hydrogen-bond donors (Lipinski definition) is 6. The van der Waals surface area contributed by atoms with E-state index in [-0.39, 0.29) is 92.4 Å². The lowest BCUT2D eigenvalue weighted by molar-refractivity contribution is -0.0733. The van der Waals surface area contributed by atoms with Crippen LogP contribution in [0.2, 0.25) is 20.1 Å². The Morgan fingerprint density at radius 1 is 0.357 bits per heavy atom. The van der Waals surface area contributed by atoms with Gasteiger partial charge in [-0.3, -0.25) is 24.0 Å². The van der Waals surface area contributed by atoms with E-state index in [1.165, 1.54) is 115 Å². The van der Waals surface area contributed by atoms with Crippen LogP contribution >= 0.6 is 46.4 Å². The first-order valence-electron chi connectivity index (χ1n) is 37.1. The van der Waals surface area contributed by atoms with Crippen LogP contribution in [0.1, 0.15) is 224 Å². The van der Waals surface area contributed by atoms with Gasteiger partial charge in [-0.1, -0.05) is 67.2 Å². The quantitative estimate of drug-likeness (QED) is 0.0197. The molecule has 4 aliphatic heterocycles. The van der Waals surface area contributed by atoms with Crippen LogP contribution in [-0.2, 0) is 40.5 Å². The first-order valence-corrected chi connectivity index (χ1v) is 38.6. The molecule has 4 saturated heterocycles. The lowest BCUT2D eigenvalue weighted by Crippen LogP contribution is -2.38. The molecule has 8 aromatic rings. The minimum absolute atomic E-state index is 0.0514. The van der Waals surface area contributed by atoms with E-state index in [0.717, 1.165) is 37.4 Å². The summed E-state index contributed by atoms with van der Waals surface area (Å²) in [6.45, 7) is 9.12. The van der Waals surface area contributed by atoms with E-state index in [4.69, 9.17) is 70.1 Å². The van der Waals surface area contributed by atoms with Gasteiger partial charge < -0.3 is 54.3 Å². The van der Waals surface area contributed by atoms with E-state index in [0.29, 0.717) is 131 Å². The summed E-state index contributed by atoms with van der Waals surface area (Å²) >= 11 is 23.3. The summed E-state index contributed by atoms with van der Waals surface area (Å²) in [6, 6.07) is 32.3. The van der Waals surface area contributed by atoms with Crippen molar-refractivity contribution in [2.75, 3.05) is 60.0 Å². The van der Waals surface area contributed by atoms with E-state index in [9.17, 15) is 78.2 Å². The van der Waals surface area contributed by atoms with Gasteiger partial charge in [-0.25, -0.2) is 36.7 Å². The van der Waals surface area contributed by atoms with Crippen LogP contribution in [0.5, 0.6) is 0 Å². The maximum atomic E-state index is 15.3. The number of carboxylic acid groups (broad SMARTS) is 3. The van der Waals surface area contributed by atoms with Gasteiger partial charge in [0, 0.05) is 107 Å². The highest BCUT2D eigenvalue weighted by molar-refractivity contribution is 6.32. The molecule has 3 atom stereocenters. The third-order valence-electron chi connectivity index (χ3n) is 21.5. The van der Waals surface area contributed by atoms with Crippen LogP contribution in [0.15, 0.2) is 146 Å². The van der Waals surface area contributed by atoms with Crippen molar-refractivity contribution in [3.8, 4) is 0 Å². The molecule has 0 saturated carbocycles. The molecular formula is C87H84Cl4F4O20. The second-order valence-electron chi connectivity index (χ2n) is 28.0. The van der Waals surface area contributed by atoms with Gasteiger partial charge in [0.25, 0.3) is 0 Å². The maximum absolute atomic E-state index is 15.3. The predicted octanol–water partition coefficient (Wildman–Crippen LogP) is 17.4. The third kappa shape index (κ3) is 20.9. The van der Waals surface area contributed by atoms with Crippen LogP contribution in [0.3, 0.4) is 0 Å². The third-order valence-corrected chi connectivity index (χ3v) is 22.5. The SMILES string of the molecule is CCC(O)(c1cc(F)c(C(=O)c2ccc(Cl)cc2)c(C(=O)O)c1)C1CCOCC1.CC[C@@](O)(c1cc(F)c(C(=O)c2ccc(Cl)cc2)c(C(=O)O)c1)C1CCOCC1.CC[C@@](O)(c1cc(F)c(C(=O)c2ccc(Cl)cc2)c(C(=O)OC)c1)C1CCOCC1.O=C(O)c1cc(C(=O)C2CCOCC2)cc(F)c1C(=O)c1ccc(Cl)cc1. The molecule has 0 amide bonds. The average molecular weight is 1670 g/mol. The zero-order valence-corrected chi connectivity index (χ0v) is 66.0. The van der Waals surface area contributed by atoms with Crippen molar-refractivity contribution in [3.05, 3.63) is 278 Å². The second kappa shape index (κ2) is 40.0. The first kappa shape index (κ1) is 89.5. The van der Waals surface area contributed by atoms with Gasteiger partial charge in [0.15, 0.2) is 28.9 Å². The molecule has 20 nitrogen and oxygen atoms in total. The van der Waals surface area contributed by atoms with E-state index in [1.54, 1.807) is 20.8 Å². The highest BCUT2D eigenvalue weighted by Crippen LogP contribution is 2.44.